The number of carbonyl (C=O) groups excluding carboxylic acids is 2. The van der Waals surface area contributed by atoms with Crippen LogP contribution >= 0.6 is 11.8 Å². The van der Waals surface area contributed by atoms with Gasteiger partial charge in [0.1, 0.15) is 12.1 Å². The van der Waals surface area contributed by atoms with E-state index in [9.17, 15) is 9.59 Å². The lowest BCUT2D eigenvalue weighted by molar-refractivity contribution is -0.137. The minimum Gasteiger partial charge on any atom is -0.342 e. The predicted octanol–water partition coefficient (Wildman–Crippen LogP) is 1.10. The molecule has 2 amide bonds. The van der Waals surface area contributed by atoms with E-state index in [4.69, 9.17) is 0 Å². The summed E-state index contributed by atoms with van der Waals surface area (Å²) >= 11 is 1.66. The lowest BCUT2D eigenvalue weighted by Crippen LogP contribution is -2.57. The standard InChI is InChI=1S/C13H16N2O2S/c1-18-8-7-10-12(16)15-11(13(17)14-10)9-5-3-2-4-6-9/h2-6,10-11H,7-8H2,1H3,(H,14,17)(H,15,16). The molecule has 1 saturated heterocycles. The van der Waals surface area contributed by atoms with Crippen molar-refractivity contribution in [3.8, 4) is 0 Å². The molecule has 1 fully saturated rings. The fourth-order valence-corrected chi connectivity index (χ4v) is 2.42. The molecular formula is C13H16N2O2S. The van der Waals surface area contributed by atoms with Gasteiger partial charge in [-0.1, -0.05) is 30.3 Å². The van der Waals surface area contributed by atoms with Crippen LogP contribution in [0.25, 0.3) is 0 Å². The summed E-state index contributed by atoms with van der Waals surface area (Å²) in [7, 11) is 0. The summed E-state index contributed by atoms with van der Waals surface area (Å²) in [6.07, 6.45) is 2.65. The van der Waals surface area contributed by atoms with Gasteiger partial charge in [0.25, 0.3) is 0 Å². The Morgan fingerprint density at radius 2 is 1.83 bits per heavy atom. The normalized spacial score (nSPS) is 23.4. The highest BCUT2D eigenvalue weighted by molar-refractivity contribution is 7.98. The van der Waals surface area contributed by atoms with Gasteiger partial charge < -0.3 is 10.6 Å². The zero-order valence-corrected chi connectivity index (χ0v) is 11.0. The highest BCUT2D eigenvalue weighted by atomic mass is 32.2. The molecule has 2 atom stereocenters. The lowest BCUT2D eigenvalue weighted by Gasteiger charge is -2.29. The van der Waals surface area contributed by atoms with E-state index >= 15 is 0 Å². The maximum atomic E-state index is 12.0. The number of benzene rings is 1. The summed E-state index contributed by atoms with van der Waals surface area (Å²) in [5.74, 6) is 0.623. The highest BCUT2D eigenvalue weighted by Crippen LogP contribution is 2.17. The van der Waals surface area contributed by atoms with E-state index in [0.717, 1.165) is 11.3 Å². The number of hydrogen-bond donors (Lipinski definition) is 2. The Morgan fingerprint density at radius 3 is 2.50 bits per heavy atom. The Hall–Kier alpha value is -1.49. The largest absolute Gasteiger partial charge is 0.342 e. The number of thioether (sulfide) groups is 1. The third-order valence-corrected chi connectivity index (χ3v) is 3.57. The molecule has 0 saturated carbocycles. The van der Waals surface area contributed by atoms with E-state index in [1.807, 2.05) is 36.6 Å². The van der Waals surface area contributed by atoms with Crippen LogP contribution in [0.4, 0.5) is 0 Å². The summed E-state index contributed by atoms with van der Waals surface area (Å²) in [6, 6.07) is 8.31. The smallest absolute Gasteiger partial charge is 0.247 e. The first-order valence-electron chi connectivity index (χ1n) is 5.87. The zero-order chi connectivity index (χ0) is 13.0. The van der Waals surface area contributed by atoms with Crippen molar-refractivity contribution in [2.24, 2.45) is 0 Å². The third-order valence-electron chi connectivity index (χ3n) is 2.93. The van der Waals surface area contributed by atoms with Crippen LogP contribution in [-0.2, 0) is 9.59 Å². The molecule has 1 aliphatic rings. The maximum Gasteiger partial charge on any atom is 0.247 e. The molecule has 0 bridgehead atoms. The third kappa shape index (κ3) is 2.85. The van der Waals surface area contributed by atoms with Gasteiger partial charge in [-0.2, -0.15) is 11.8 Å². The Kier molecular flexibility index (Phi) is 4.25. The van der Waals surface area contributed by atoms with Crippen LogP contribution in [-0.4, -0.2) is 29.9 Å². The van der Waals surface area contributed by atoms with Crippen molar-refractivity contribution < 1.29 is 9.59 Å². The van der Waals surface area contributed by atoms with Gasteiger partial charge in [-0.25, -0.2) is 0 Å². The molecule has 0 radical (unpaired) electrons. The number of hydrogen-bond acceptors (Lipinski definition) is 3. The Labute approximate surface area is 111 Å². The Morgan fingerprint density at radius 1 is 1.11 bits per heavy atom. The quantitative estimate of drug-likeness (QED) is 0.856. The summed E-state index contributed by atoms with van der Waals surface area (Å²) in [6.45, 7) is 0. The van der Waals surface area contributed by atoms with E-state index < -0.39 is 12.1 Å². The molecule has 2 rings (SSSR count). The topological polar surface area (TPSA) is 58.2 Å². The minimum absolute atomic E-state index is 0.0995. The van der Waals surface area contributed by atoms with Gasteiger partial charge in [-0.05, 0) is 24.0 Å². The molecular weight excluding hydrogens is 248 g/mol. The average molecular weight is 264 g/mol. The van der Waals surface area contributed by atoms with E-state index in [2.05, 4.69) is 10.6 Å². The predicted molar refractivity (Wildman–Crippen MR) is 72.3 cm³/mol. The first kappa shape index (κ1) is 13.0. The lowest BCUT2D eigenvalue weighted by atomic mass is 10.0. The summed E-state index contributed by atoms with van der Waals surface area (Å²) in [5, 5.41) is 5.57. The number of rotatable bonds is 4. The second-order valence-corrected chi connectivity index (χ2v) is 5.18. The van der Waals surface area contributed by atoms with Crippen molar-refractivity contribution in [3.05, 3.63) is 35.9 Å². The first-order chi connectivity index (χ1) is 8.72. The average Bonchev–Trinajstić information content (AvgIpc) is 2.40. The van der Waals surface area contributed by atoms with E-state index in [0.29, 0.717) is 6.42 Å². The summed E-state index contributed by atoms with van der Waals surface area (Å²) in [5.41, 5.74) is 0.812. The fourth-order valence-electron chi connectivity index (χ4n) is 1.95. The van der Waals surface area contributed by atoms with Crippen LogP contribution in [0.2, 0.25) is 0 Å². The minimum atomic E-state index is -0.566. The van der Waals surface area contributed by atoms with Crippen LogP contribution in [0.5, 0.6) is 0 Å². The zero-order valence-electron chi connectivity index (χ0n) is 10.2. The first-order valence-corrected chi connectivity index (χ1v) is 7.26. The van der Waals surface area contributed by atoms with Gasteiger partial charge >= 0.3 is 0 Å². The van der Waals surface area contributed by atoms with Crippen molar-refractivity contribution in [1.29, 1.82) is 0 Å². The van der Waals surface area contributed by atoms with Gasteiger partial charge in [-0.15, -0.1) is 0 Å². The number of piperazine rings is 1. The molecule has 1 heterocycles. The van der Waals surface area contributed by atoms with Gasteiger partial charge in [0.2, 0.25) is 11.8 Å². The molecule has 0 spiro atoms. The number of nitrogens with one attached hydrogen (secondary N) is 2. The van der Waals surface area contributed by atoms with Crippen LogP contribution in [0.3, 0.4) is 0 Å². The molecule has 1 aliphatic heterocycles. The van der Waals surface area contributed by atoms with Gasteiger partial charge in [0, 0.05) is 0 Å². The molecule has 2 unspecified atom stereocenters. The van der Waals surface area contributed by atoms with E-state index in [-0.39, 0.29) is 11.8 Å². The molecule has 4 nitrogen and oxygen atoms in total. The summed E-state index contributed by atoms with van der Waals surface area (Å²) in [4.78, 5) is 23.9. The van der Waals surface area contributed by atoms with Gasteiger partial charge in [0.15, 0.2) is 0 Å². The van der Waals surface area contributed by atoms with Crippen LogP contribution in [0, 0.1) is 0 Å². The van der Waals surface area contributed by atoms with Crippen molar-refractivity contribution in [1.82, 2.24) is 10.6 Å². The fraction of sp³-hybridized carbons (Fsp3) is 0.385. The second kappa shape index (κ2) is 5.91. The van der Waals surface area contributed by atoms with Gasteiger partial charge in [0.05, 0.1) is 0 Å². The Bertz CT molecular complexity index is 436. The molecule has 0 aliphatic carbocycles. The molecule has 18 heavy (non-hydrogen) atoms. The monoisotopic (exact) mass is 264 g/mol. The van der Waals surface area contributed by atoms with Crippen molar-refractivity contribution in [2.75, 3.05) is 12.0 Å². The van der Waals surface area contributed by atoms with Crippen molar-refractivity contribution >= 4 is 23.6 Å². The summed E-state index contributed by atoms with van der Waals surface area (Å²) < 4.78 is 0. The molecule has 96 valence electrons. The van der Waals surface area contributed by atoms with E-state index in [1.165, 1.54) is 0 Å². The number of carbonyl (C=O) groups is 2. The van der Waals surface area contributed by atoms with Crippen LogP contribution < -0.4 is 10.6 Å². The highest BCUT2D eigenvalue weighted by Gasteiger charge is 2.33. The second-order valence-electron chi connectivity index (χ2n) is 4.19. The van der Waals surface area contributed by atoms with Crippen LogP contribution in [0.15, 0.2) is 30.3 Å². The van der Waals surface area contributed by atoms with Crippen molar-refractivity contribution in [2.45, 2.75) is 18.5 Å². The molecule has 1 aromatic rings. The van der Waals surface area contributed by atoms with E-state index in [1.54, 1.807) is 11.8 Å². The molecule has 5 heteroatoms. The van der Waals surface area contributed by atoms with Crippen molar-refractivity contribution in [3.63, 3.8) is 0 Å². The number of amides is 2. The molecule has 2 N–H and O–H groups in total. The molecule has 0 aromatic heterocycles. The van der Waals surface area contributed by atoms with Gasteiger partial charge in [-0.3, -0.25) is 9.59 Å². The molecule has 1 aromatic carbocycles. The maximum absolute atomic E-state index is 12.0. The Balaban J connectivity index is 2.06. The van der Waals surface area contributed by atoms with Crippen LogP contribution in [0.1, 0.15) is 18.0 Å². The SMILES string of the molecule is CSCCC1NC(=O)C(c2ccccc2)NC1=O.